The number of carbonyl (C=O) groups is 1. The Hall–Kier alpha value is -3.66. The van der Waals surface area contributed by atoms with Gasteiger partial charge in [0, 0.05) is 30.9 Å². The average Bonchev–Trinajstić information content (AvgIpc) is 2.71. The molecule has 0 aliphatic rings. The van der Waals surface area contributed by atoms with E-state index in [0.29, 0.717) is 36.6 Å². The highest BCUT2D eigenvalue weighted by Gasteiger charge is 2.08. The number of ether oxygens (including phenoxy) is 1. The Labute approximate surface area is 157 Å². The molecule has 0 saturated carbocycles. The van der Waals surface area contributed by atoms with Gasteiger partial charge in [-0.05, 0) is 43.3 Å². The van der Waals surface area contributed by atoms with Gasteiger partial charge < -0.3 is 15.4 Å². The summed E-state index contributed by atoms with van der Waals surface area (Å²) in [6.45, 7) is 3.33. The van der Waals surface area contributed by atoms with E-state index in [-0.39, 0.29) is 5.91 Å². The molecule has 1 amide bonds. The van der Waals surface area contributed by atoms with Crippen molar-refractivity contribution in [3.8, 4) is 11.8 Å². The highest BCUT2D eigenvalue weighted by atomic mass is 16.5. The third kappa shape index (κ3) is 4.50. The first-order valence-electron chi connectivity index (χ1n) is 8.61. The number of rotatable bonds is 7. The fourth-order valence-corrected chi connectivity index (χ4v) is 2.59. The minimum atomic E-state index is -0.194. The van der Waals surface area contributed by atoms with Crippen molar-refractivity contribution < 1.29 is 9.53 Å². The monoisotopic (exact) mass is 361 g/mol. The molecular weight excluding hydrogens is 342 g/mol. The molecular formula is C20H19N5O2. The minimum absolute atomic E-state index is 0.194. The van der Waals surface area contributed by atoms with Crippen LogP contribution in [-0.4, -0.2) is 35.6 Å². The summed E-state index contributed by atoms with van der Waals surface area (Å²) in [5.41, 5.74) is 1.71. The van der Waals surface area contributed by atoms with E-state index in [1.54, 1.807) is 24.4 Å². The van der Waals surface area contributed by atoms with E-state index in [2.05, 4.69) is 26.7 Å². The van der Waals surface area contributed by atoms with Crippen LogP contribution in [0.2, 0.25) is 0 Å². The predicted octanol–water partition coefficient (Wildman–Crippen LogP) is 2.74. The van der Waals surface area contributed by atoms with Crippen LogP contribution in [0.1, 0.15) is 22.8 Å². The second-order valence-electron chi connectivity index (χ2n) is 5.71. The molecule has 2 aromatic heterocycles. The molecule has 0 atom stereocenters. The van der Waals surface area contributed by atoms with Crippen molar-refractivity contribution in [2.45, 2.75) is 6.92 Å². The Morgan fingerprint density at radius 3 is 2.89 bits per heavy atom. The number of carbonyl (C=O) groups excluding carboxylic acids is 1. The van der Waals surface area contributed by atoms with Crippen molar-refractivity contribution in [2.75, 3.05) is 25.0 Å². The first kappa shape index (κ1) is 18.1. The lowest BCUT2D eigenvalue weighted by Crippen LogP contribution is -2.29. The Morgan fingerprint density at radius 2 is 2.15 bits per heavy atom. The van der Waals surface area contributed by atoms with Gasteiger partial charge in [0.05, 0.1) is 23.3 Å². The van der Waals surface area contributed by atoms with Crippen LogP contribution < -0.4 is 15.4 Å². The van der Waals surface area contributed by atoms with E-state index in [4.69, 9.17) is 4.74 Å². The minimum Gasteiger partial charge on any atom is -0.494 e. The lowest BCUT2D eigenvalue weighted by molar-refractivity contribution is 0.0955. The smallest absolute Gasteiger partial charge is 0.252 e. The van der Waals surface area contributed by atoms with Gasteiger partial charge in [0.25, 0.3) is 5.91 Å². The summed E-state index contributed by atoms with van der Waals surface area (Å²) in [6, 6.07) is 12.9. The van der Waals surface area contributed by atoms with Crippen LogP contribution in [0.5, 0.6) is 5.75 Å². The third-order valence-corrected chi connectivity index (χ3v) is 3.84. The van der Waals surface area contributed by atoms with Crippen LogP contribution in [0.4, 0.5) is 5.82 Å². The SMILES string of the molecule is CCOc1ccc2nc(NCCNC(=O)c3cccnc3)c(C#N)cc2c1. The van der Waals surface area contributed by atoms with Crippen molar-refractivity contribution in [1.29, 1.82) is 5.26 Å². The average molecular weight is 361 g/mol. The van der Waals surface area contributed by atoms with Crippen LogP contribution in [0, 0.1) is 11.3 Å². The molecule has 136 valence electrons. The molecule has 2 N–H and O–H groups in total. The second kappa shape index (κ2) is 8.63. The van der Waals surface area contributed by atoms with Gasteiger partial charge in [0.2, 0.25) is 0 Å². The summed E-state index contributed by atoms with van der Waals surface area (Å²) in [6.07, 6.45) is 3.13. The molecule has 7 nitrogen and oxygen atoms in total. The van der Waals surface area contributed by atoms with Crippen LogP contribution in [-0.2, 0) is 0 Å². The van der Waals surface area contributed by atoms with Gasteiger partial charge in [-0.25, -0.2) is 4.98 Å². The van der Waals surface area contributed by atoms with E-state index in [0.717, 1.165) is 16.7 Å². The number of hydrogen-bond acceptors (Lipinski definition) is 6. The lowest BCUT2D eigenvalue weighted by Gasteiger charge is -2.10. The maximum absolute atomic E-state index is 12.0. The zero-order valence-corrected chi connectivity index (χ0v) is 14.9. The van der Waals surface area contributed by atoms with Crippen molar-refractivity contribution in [1.82, 2.24) is 15.3 Å². The molecule has 0 radical (unpaired) electrons. The Bertz CT molecular complexity index is 983. The molecule has 1 aromatic carbocycles. The summed E-state index contributed by atoms with van der Waals surface area (Å²) >= 11 is 0. The van der Waals surface area contributed by atoms with Gasteiger partial charge in [-0.2, -0.15) is 5.26 Å². The number of nitrogens with zero attached hydrogens (tertiary/aromatic N) is 3. The standard InChI is InChI=1S/C20H19N5O2/c1-2-27-17-5-6-18-15(11-17)10-16(12-21)19(25-18)23-8-9-24-20(26)14-4-3-7-22-13-14/h3-7,10-11,13H,2,8-9H2,1H3,(H,23,25)(H,24,26). The Balaban J connectivity index is 1.65. The number of nitriles is 1. The van der Waals surface area contributed by atoms with Crippen molar-refractivity contribution in [3.63, 3.8) is 0 Å². The van der Waals surface area contributed by atoms with E-state index >= 15 is 0 Å². The fraction of sp³-hybridized carbons (Fsp3) is 0.200. The largest absolute Gasteiger partial charge is 0.494 e. The molecule has 0 spiro atoms. The molecule has 0 unspecified atom stereocenters. The molecule has 27 heavy (non-hydrogen) atoms. The Kier molecular flexibility index (Phi) is 5.80. The van der Waals surface area contributed by atoms with E-state index < -0.39 is 0 Å². The predicted molar refractivity (Wildman–Crippen MR) is 103 cm³/mol. The lowest BCUT2D eigenvalue weighted by atomic mass is 10.1. The number of nitrogens with one attached hydrogen (secondary N) is 2. The first-order chi connectivity index (χ1) is 13.2. The molecule has 0 bridgehead atoms. The van der Waals surface area contributed by atoms with E-state index in [1.165, 1.54) is 6.20 Å². The van der Waals surface area contributed by atoms with Gasteiger partial charge in [-0.3, -0.25) is 9.78 Å². The Morgan fingerprint density at radius 1 is 1.26 bits per heavy atom. The number of pyridine rings is 2. The number of anilines is 1. The maximum atomic E-state index is 12.0. The second-order valence-corrected chi connectivity index (χ2v) is 5.71. The first-order valence-corrected chi connectivity index (χ1v) is 8.61. The van der Waals surface area contributed by atoms with Crippen molar-refractivity contribution in [3.05, 3.63) is 59.9 Å². The summed E-state index contributed by atoms with van der Waals surface area (Å²) in [7, 11) is 0. The van der Waals surface area contributed by atoms with Crippen LogP contribution >= 0.6 is 0 Å². The van der Waals surface area contributed by atoms with Gasteiger partial charge in [-0.15, -0.1) is 0 Å². The van der Waals surface area contributed by atoms with Crippen LogP contribution in [0.3, 0.4) is 0 Å². The summed E-state index contributed by atoms with van der Waals surface area (Å²) in [5.74, 6) is 1.04. The number of benzene rings is 1. The summed E-state index contributed by atoms with van der Waals surface area (Å²) in [4.78, 5) is 20.4. The zero-order valence-electron chi connectivity index (χ0n) is 14.9. The van der Waals surface area contributed by atoms with E-state index in [9.17, 15) is 10.1 Å². The molecule has 0 saturated heterocycles. The third-order valence-electron chi connectivity index (χ3n) is 3.84. The van der Waals surface area contributed by atoms with E-state index in [1.807, 2.05) is 25.1 Å². The van der Waals surface area contributed by atoms with Crippen LogP contribution in [0.25, 0.3) is 10.9 Å². The normalized spacial score (nSPS) is 10.2. The fourth-order valence-electron chi connectivity index (χ4n) is 2.59. The number of amides is 1. The number of fused-ring (bicyclic) bond motifs is 1. The van der Waals surface area contributed by atoms with Gasteiger partial charge in [0.15, 0.2) is 0 Å². The zero-order chi connectivity index (χ0) is 19.1. The maximum Gasteiger partial charge on any atom is 0.252 e. The van der Waals surface area contributed by atoms with Gasteiger partial charge >= 0.3 is 0 Å². The van der Waals surface area contributed by atoms with Gasteiger partial charge in [0.1, 0.15) is 17.6 Å². The topological polar surface area (TPSA) is 99.9 Å². The van der Waals surface area contributed by atoms with Crippen molar-refractivity contribution in [2.24, 2.45) is 0 Å². The van der Waals surface area contributed by atoms with Crippen LogP contribution in [0.15, 0.2) is 48.8 Å². The summed E-state index contributed by atoms with van der Waals surface area (Å²) in [5, 5.41) is 16.2. The highest BCUT2D eigenvalue weighted by Crippen LogP contribution is 2.24. The summed E-state index contributed by atoms with van der Waals surface area (Å²) < 4.78 is 5.49. The molecule has 0 aliphatic carbocycles. The quantitative estimate of drug-likeness (QED) is 0.628. The molecule has 0 aliphatic heterocycles. The molecule has 2 heterocycles. The molecule has 3 aromatic rings. The molecule has 3 rings (SSSR count). The highest BCUT2D eigenvalue weighted by molar-refractivity contribution is 5.93. The molecule has 0 fully saturated rings. The van der Waals surface area contributed by atoms with Crippen molar-refractivity contribution >= 4 is 22.6 Å². The molecule has 7 heteroatoms. The number of aromatic nitrogens is 2. The van der Waals surface area contributed by atoms with Gasteiger partial charge in [-0.1, -0.05) is 0 Å². The number of hydrogen-bond donors (Lipinski definition) is 2.